The summed E-state index contributed by atoms with van der Waals surface area (Å²) in [6, 6.07) is 3.86. The summed E-state index contributed by atoms with van der Waals surface area (Å²) in [6.45, 7) is 1.92. The Morgan fingerprint density at radius 2 is 2.29 bits per heavy atom. The average Bonchev–Trinajstić information content (AvgIpc) is 2.10. The highest BCUT2D eigenvalue weighted by molar-refractivity contribution is 9.10. The predicted octanol–water partition coefficient (Wildman–Crippen LogP) is 2.56. The number of nitrogens with zero attached hydrogens (tertiary/aromatic N) is 1. The first kappa shape index (κ1) is 11.2. The molecule has 4 heteroatoms. The molecule has 1 aromatic rings. The lowest BCUT2D eigenvalue weighted by Crippen LogP contribution is -1.98. The fraction of sp³-hybridized carbons (Fsp3) is 0.400. The van der Waals surface area contributed by atoms with Gasteiger partial charge >= 0.3 is 5.97 Å². The molecule has 1 N–H and O–H groups in total. The minimum absolute atomic E-state index is 0.196. The number of pyridine rings is 1. The van der Waals surface area contributed by atoms with Crippen LogP contribution in [-0.2, 0) is 11.2 Å². The molecular formula is C10H12BrNO2. The standard InChI is InChI=1S/C10H12BrNO2/c1-7-5-6-8(11)9(12-7)3-2-4-10(13)14/h5-6H,2-4H2,1H3,(H,13,14). The molecule has 1 heterocycles. The zero-order valence-electron chi connectivity index (χ0n) is 7.96. The summed E-state index contributed by atoms with van der Waals surface area (Å²) >= 11 is 3.39. The number of carboxylic acids is 1. The van der Waals surface area contributed by atoms with E-state index in [0.717, 1.165) is 15.9 Å². The quantitative estimate of drug-likeness (QED) is 0.902. The zero-order valence-corrected chi connectivity index (χ0v) is 9.54. The number of carboxylic acid groups (broad SMARTS) is 1. The van der Waals surface area contributed by atoms with Gasteiger partial charge in [-0.25, -0.2) is 0 Å². The summed E-state index contributed by atoms with van der Waals surface area (Å²) in [5.41, 5.74) is 1.89. The van der Waals surface area contributed by atoms with E-state index in [1.807, 2.05) is 19.1 Å². The Labute approximate surface area is 91.3 Å². The number of hydrogen-bond acceptors (Lipinski definition) is 2. The monoisotopic (exact) mass is 257 g/mol. The first-order chi connectivity index (χ1) is 6.59. The van der Waals surface area contributed by atoms with Crippen LogP contribution in [0, 0.1) is 6.92 Å². The van der Waals surface area contributed by atoms with Gasteiger partial charge in [0.1, 0.15) is 0 Å². The van der Waals surface area contributed by atoms with Gasteiger partial charge < -0.3 is 5.11 Å². The molecule has 14 heavy (non-hydrogen) atoms. The van der Waals surface area contributed by atoms with Crippen LogP contribution in [0.25, 0.3) is 0 Å². The van der Waals surface area contributed by atoms with Crippen molar-refractivity contribution in [1.29, 1.82) is 0 Å². The largest absolute Gasteiger partial charge is 0.481 e. The average molecular weight is 258 g/mol. The Hall–Kier alpha value is -0.900. The van der Waals surface area contributed by atoms with E-state index in [0.29, 0.717) is 12.8 Å². The number of aliphatic carboxylic acids is 1. The van der Waals surface area contributed by atoms with Gasteiger partial charge in [0.25, 0.3) is 0 Å². The third-order valence-corrected chi connectivity index (χ3v) is 2.58. The molecular weight excluding hydrogens is 246 g/mol. The van der Waals surface area contributed by atoms with Crippen molar-refractivity contribution >= 4 is 21.9 Å². The zero-order chi connectivity index (χ0) is 10.6. The maximum atomic E-state index is 10.3. The van der Waals surface area contributed by atoms with Gasteiger partial charge in [-0.3, -0.25) is 9.78 Å². The van der Waals surface area contributed by atoms with E-state index in [1.54, 1.807) is 0 Å². The molecule has 0 aliphatic heterocycles. The van der Waals surface area contributed by atoms with Crippen LogP contribution in [0.15, 0.2) is 16.6 Å². The maximum absolute atomic E-state index is 10.3. The molecule has 0 spiro atoms. The van der Waals surface area contributed by atoms with Crippen molar-refractivity contribution in [3.63, 3.8) is 0 Å². The molecule has 0 saturated carbocycles. The number of rotatable bonds is 4. The van der Waals surface area contributed by atoms with Gasteiger partial charge in [-0.15, -0.1) is 0 Å². The first-order valence-corrected chi connectivity index (χ1v) is 5.22. The lowest BCUT2D eigenvalue weighted by Gasteiger charge is -2.03. The molecule has 0 aliphatic rings. The van der Waals surface area contributed by atoms with E-state index in [2.05, 4.69) is 20.9 Å². The topological polar surface area (TPSA) is 50.2 Å². The molecule has 0 saturated heterocycles. The molecule has 0 fully saturated rings. The summed E-state index contributed by atoms with van der Waals surface area (Å²) in [7, 11) is 0. The third-order valence-electron chi connectivity index (χ3n) is 1.86. The van der Waals surface area contributed by atoms with Gasteiger partial charge in [0.05, 0.1) is 5.69 Å². The Balaban J connectivity index is 2.57. The van der Waals surface area contributed by atoms with Crippen LogP contribution in [-0.4, -0.2) is 16.1 Å². The number of aryl methyl sites for hydroxylation is 2. The highest BCUT2D eigenvalue weighted by atomic mass is 79.9. The number of aromatic nitrogens is 1. The predicted molar refractivity (Wildman–Crippen MR) is 57.2 cm³/mol. The molecule has 0 atom stereocenters. The number of hydrogen-bond donors (Lipinski definition) is 1. The second-order valence-corrected chi connectivity index (χ2v) is 3.98. The Morgan fingerprint density at radius 1 is 1.57 bits per heavy atom. The summed E-state index contributed by atoms with van der Waals surface area (Å²) < 4.78 is 0.952. The molecule has 3 nitrogen and oxygen atoms in total. The van der Waals surface area contributed by atoms with Crippen LogP contribution >= 0.6 is 15.9 Å². The lowest BCUT2D eigenvalue weighted by molar-refractivity contribution is -0.137. The van der Waals surface area contributed by atoms with Crippen LogP contribution in [0.2, 0.25) is 0 Å². The van der Waals surface area contributed by atoms with Gasteiger partial charge in [0, 0.05) is 16.6 Å². The molecule has 1 rings (SSSR count). The second kappa shape index (κ2) is 5.10. The van der Waals surface area contributed by atoms with Crippen LogP contribution in [0.3, 0.4) is 0 Å². The van der Waals surface area contributed by atoms with E-state index < -0.39 is 5.97 Å². The Bertz CT molecular complexity index is 339. The van der Waals surface area contributed by atoms with E-state index in [-0.39, 0.29) is 6.42 Å². The van der Waals surface area contributed by atoms with E-state index in [4.69, 9.17) is 5.11 Å². The molecule has 0 amide bonds. The number of halogens is 1. The SMILES string of the molecule is Cc1ccc(Br)c(CCCC(=O)O)n1. The summed E-state index contributed by atoms with van der Waals surface area (Å²) in [5.74, 6) is -0.756. The van der Waals surface area contributed by atoms with Crippen molar-refractivity contribution in [2.75, 3.05) is 0 Å². The molecule has 1 aromatic heterocycles. The van der Waals surface area contributed by atoms with Crippen LogP contribution in [0.4, 0.5) is 0 Å². The van der Waals surface area contributed by atoms with Gasteiger partial charge in [0.15, 0.2) is 0 Å². The molecule has 0 aliphatic carbocycles. The third kappa shape index (κ3) is 3.46. The van der Waals surface area contributed by atoms with Crippen LogP contribution in [0.5, 0.6) is 0 Å². The van der Waals surface area contributed by atoms with Crippen LogP contribution < -0.4 is 0 Å². The summed E-state index contributed by atoms with van der Waals surface area (Å²) in [5, 5.41) is 8.48. The van der Waals surface area contributed by atoms with Crippen molar-refractivity contribution in [3.05, 3.63) is 28.0 Å². The number of carbonyl (C=O) groups is 1. The molecule has 0 unspecified atom stereocenters. The van der Waals surface area contributed by atoms with E-state index >= 15 is 0 Å². The summed E-state index contributed by atoms with van der Waals surface area (Å²) in [6.07, 6.45) is 1.53. The van der Waals surface area contributed by atoms with Gasteiger partial charge in [-0.2, -0.15) is 0 Å². The van der Waals surface area contributed by atoms with Crippen LogP contribution in [0.1, 0.15) is 24.2 Å². The van der Waals surface area contributed by atoms with Crippen molar-refractivity contribution in [1.82, 2.24) is 4.98 Å². The minimum Gasteiger partial charge on any atom is -0.481 e. The Kier molecular flexibility index (Phi) is 4.07. The fourth-order valence-electron chi connectivity index (χ4n) is 1.18. The molecule has 0 radical (unpaired) electrons. The smallest absolute Gasteiger partial charge is 0.303 e. The highest BCUT2D eigenvalue weighted by Crippen LogP contribution is 2.16. The second-order valence-electron chi connectivity index (χ2n) is 3.13. The lowest BCUT2D eigenvalue weighted by atomic mass is 10.2. The Morgan fingerprint density at radius 3 is 2.93 bits per heavy atom. The van der Waals surface area contributed by atoms with Gasteiger partial charge in [-0.05, 0) is 47.8 Å². The van der Waals surface area contributed by atoms with E-state index in [1.165, 1.54) is 0 Å². The summed E-state index contributed by atoms with van der Waals surface area (Å²) in [4.78, 5) is 14.6. The van der Waals surface area contributed by atoms with Crippen molar-refractivity contribution in [2.24, 2.45) is 0 Å². The molecule has 76 valence electrons. The van der Waals surface area contributed by atoms with Gasteiger partial charge in [0.2, 0.25) is 0 Å². The fourth-order valence-corrected chi connectivity index (χ4v) is 1.59. The molecule has 0 aromatic carbocycles. The van der Waals surface area contributed by atoms with Crippen molar-refractivity contribution in [2.45, 2.75) is 26.2 Å². The highest BCUT2D eigenvalue weighted by Gasteiger charge is 2.03. The van der Waals surface area contributed by atoms with Gasteiger partial charge in [-0.1, -0.05) is 0 Å². The molecule has 0 bridgehead atoms. The maximum Gasteiger partial charge on any atom is 0.303 e. The minimum atomic E-state index is -0.756. The van der Waals surface area contributed by atoms with Crippen molar-refractivity contribution in [3.8, 4) is 0 Å². The van der Waals surface area contributed by atoms with E-state index in [9.17, 15) is 4.79 Å². The van der Waals surface area contributed by atoms with Crippen molar-refractivity contribution < 1.29 is 9.90 Å². The normalized spacial score (nSPS) is 10.1. The first-order valence-electron chi connectivity index (χ1n) is 4.43.